The van der Waals surface area contributed by atoms with Gasteiger partial charge in [0.1, 0.15) is 36.3 Å². The molecular formula is C27H46N9O17P3S. The van der Waals surface area contributed by atoms with Gasteiger partial charge in [0.15, 0.2) is 17.7 Å². The summed E-state index contributed by atoms with van der Waals surface area (Å²) in [5.41, 5.74) is 4.27. The molecule has 57 heavy (non-hydrogen) atoms. The lowest BCUT2D eigenvalue weighted by Crippen LogP contribution is -2.47. The monoisotopic (exact) mass is 893 g/mol. The summed E-state index contributed by atoms with van der Waals surface area (Å²) in [5.74, 6) is -0.599. The van der Waals surface area contributed by atoms with Gasteiger partial charge in [0, 0.05) is 56.9 Å². The number of aliphatic hydroxyl groups excluding tert-OH is 2. The number of amides is 3. The minimum atomic E-state index is -5.57. The molecule has 0 bridgehead atoms. The first-order valence-electron chi connectivity index (χ1n) is 17.0. The molecule has 0 spiro atoms. The van der Waals surface area contributed by atoms with Crippen LogP contribution in [0.1, 0.15) is 26.5 Å². The summed E-state index contributed by atoms with van der Waals surface area (Å²) in [6.07, 6.45) is -6.87. The van der Waals surface area contributed by atoms with Crippen molar-refractivity contribution in [2.75, 3.05) is 69.7 Å². The number of carbonyl (C=O) groups is 3. The highest BCUT2D eigenvalue weighted by atomic mass is 32.2. The molecule has 0 radical (unpaired) electrons. The van der Waals surface area contributed by atoms with E-state index in [1.54, 1.807) is 4.90 Å². The Labute approximate surface area is 329 Å². The van der Waals surface area contributed by atoms with Crippen LogP contribution < -0.4 is 21.7 Å². The molecule has 4 rings (SSSR count). The van der Waals surface area contributed by atoms with E-state index in [4.69, 9.17) is 19.5 Å². The minimum absolute atomic E-state index is 0.0276. The minimum Gasteiger partial charge on any atom is -0.386 e. The number of ether oxygens (including phenoxy) is 1. The molecule has 2 aromatic heterocycles. The number of anilines is 1. The Hall–Kier alpha value is -2.68. The molecule has 0 aromatic carbocycles. The van der Waals surface area contributed by atoms with Gasteiger partial charge in [-0.1, -0.05) is 13.8 Å². The number of hydrogen-bond donors (Lipinski definition) is 10. The van der Waals surface area contributed by atoms with Crippen LogP contribution in [0, 0.1) is 5.41 Å². The van der Waals surface area contributed by atoms with E-state index in [1.807, 2.05) is 0 Å². The summed E-state index contributed by atoms with van der Waals surface area (Å²) >= 11 is 1.38. The van der Waals surface area contributed by atoms with E-state index in [1.165, 1.54) is 25.6 Å². The zero-order valence-corrected chi connectivity index (χ0v) is 34.1. The second kappa shape index (κ2) is 20.1. The Bertz CT molecular complexity index is 1870. The summed E-state index contributed by atoms with van der Waals surface area (Å²) in [6, 6.07) is 0. The number of nitrogen functional groups attached to an aromatic ring is 1. The first-order valence-corrected chi connectivity index (χ1v) is 22.7. The normalized spacial score (nSPS) is 23.1. The lowest BCUT2D eigenvalue weighted by Gasteiger charge is -2.30. The number of phosphoric ester groups is 3. The molecular weight excluding hydrogens is 847 g/mol. The molecule has 2 aliphatic rings. The van der Waals surface area contributed by atoms with E-state index in [0.717, 1.165) is 30.3 Å². The predicted octanol–water partition coefficient (Wildman–Crippen LogP) is -2.43. The van der Waals surface area contributed by atoms with Crippen molar-refractivity contribution in [2.45, 2.75) is 50.9 Å². The number of nitrogens with two attached hydrogens (primary N) is 1. The Morgan fingerprint density at radius 1 is 1.07 bits per heavy atom. The molecule has 0 aliphatic carbocycles. The number of rotatable bonds is 21. The summed E-state index contributed by atoms with van der Waals surface area (Å²) < 4.78 is 62.2. The van der Waals surface area contributed by atoms with E-state index in [2.05, 4.69) is 39.7 Å². The van der Waals surface area contributed by atoms with Crippen molar-refractivity contribution in [1.82, 2.24) is 40.4 Å². The Kier molecular flexibility index (Phi) is 16.5. The van der Waals surface area contributed by atoms with Crippen molar-refractivity contribution in [3.05, 3.63) is 12.7 Å². The molecule has 2 fully saturated rings. The van der Waals surface area contributed by atoms with Gasteiger partial charge in [-0.25, -0.2) is 28.6 Å². The predicted molar refractivity (Wildman–Crippen MR) is 196 cm³/mol. The fourth-order valence-corrected chi connectivity index (χ4v) is 8.94. The topological polar surface area (TPSA) is 379 Å². The number of aromatic nitrogens is 4. The highest BCUT2D eigenvalue weighted by molar-refractivity contribution is 7.99. The van der Waals surface area contributed by atoms with Crippen LogP contribution in [0.25, 0.3) is 11.2 Å². The first kappa shape index (κ1) is 47.0. The van der Waals surface area contributed by atoms with Gasteiger partial charge in [-0.2, -0.15) is 16.1 Å². The maximum Gasteiger partial charge on any atom is 0.481 e. The van der Waals surface area contributed by atoms with Gasteiger partial charge in [-0.05, 0) is 0 Å². The number of nitrogens with zero attached hydrogens (tertiary/aromatic N) is 5. The number of hydrogen-bond acceptors (Lipinski definition) is 19. The average molecular weight is 894 g/mol. The van der Waals surface area contributed by atoms with Crippen LogP contribution >= 0.6 is 35.2 Å². The molecule has 0 saturated carbocycles. The number of fused-ring (bicyclic) bond motifs is 1. The molecule has 26 nitrogen and oxygen atoms in total. The van der Waals surface area contributed by atoms with Crippen LogP contribution in [-0.4, -0.2) is 160 Å². The van der Waals surface area contributed by atoms with E-state index in [9.17, 15) is 57.9 Å². The highest BCUT2D eigenvalue weighted by Crippen LogP contribution is 2.61. The molecule has 4 heterocycles. The standard InChI is InChI=1S/C27H46N9O17P3S/c1-27(2,22(40)25(41)31-4-3-17(37)30-7-10-57-12-18(38)35-8-5-29-6-9-35)13-50-56(47,48)53-55(45,46)49-11-16-21(52-54(42,43)44)20(39)26(51-16)36-15-34-19-23(28)32-14-33-24(19)36/h14-16,20-22,26,29,39-40H,3-13H2,1-2H3,(H,30,37)(H,31,41)(H,45,46)(H,47,48)(H2,28,32,33)(H2,42,43,44)/t16-,20-,21-,22+,26-/m1/s1. The third-order valence-corrected chi connectivity index (χ3v) is 12.4. The number of thioether (sulfide) groups is 1. The fraction of sp³-hybridized carbons (Fsp3) is 0.704. The van der Waals surface area contributed by atoms with Crippen molar-refractivity contribution in [3.8, 4) is 0 Å². The zero-order chi connectivity index (χ0) is 42.2. The van der Waals surface area contributed by atoms with Crippen LogP contribution in [0.15, 0.2) is 12.7 Å². The van der Waals surface area contributed by atoms with E-state index in [0.29, 0.717) is 18.8 Å². The van der Waals surface area contributed by atoms with Crippen LogP contribution in [0.3, 0.4) is 0 Å². The van der Waals surface area contributed by atoms with E-state index in [-0.39, 0.29) is 48.2 Å². The lowest BCUT2D eigenvalue weighted by atomic mass is 9.87. The number of phosphoric acid groups is 3. The van der Waals surface area contributed by atoms with E-state index >= 15 is 0 Å². The second-order valence-corrected chi connectivity index (χ2v) is 18.6. The summed E-state index contributed by atoms with van der Waals surface area (Å²) in [7, 11) is -16.4. The molecule has 2 saturated heterocycles. The molecule has 30 heteroatoms. The van der Waals surface area contributed by atoms with Gasteiger partial charge in [-0.15, -0.1) is 0 Å². The number of carbonyl (C=O) groups excluding carboxylic acids is 3. The zero-order valence-electron chi connectivity index (χ0n) is 30.6. The third-order valence-electron chi connectivity index (χ3n) is 8.34. The number of nitrogens with one attached hydrogen (secondary N) is 3. The van der Waals surface area contributed by atoms with Gasteiger partial charge in [0.25, 0.3) is 0 Å². The molecule has 2 unspecified atom stereocenters. The van der Waals surface area contributed by atoms with Gasteiger partial charge < -0.3 is 61.1 Å². The molecule has 2 aromatic rings. The van der Waals surface area contributed by atoms with Crippen LogP contribution in [0.2, 0.25) is 0 Å². The van der Waals surface area contributed by atoms with Gasteiger partial charge in [-0.3, -0.25) is 32.5 Å². The van der Waals surface area contributed by atoms with Crippen LogP contribution in [-0.2, 0) is 50.7 Å². The summed E-state index contributed by atoms with van der Waals surface area (Å²) in [4.78, 5) is 89.7. The quantitative estimate of drug-likeness (QED) is 0.0460. The molecule has 322 valence electrons. The summed E-state index contributed by atoms with van der Waals surface area (Å²) in [5, 5.41) is 29.6. The van der Waals surface area contributed by atoms with Gasteiger partial charge >= 0.3 is 23.5 Å². The largest absolute Gasteiger partial charge is 0.481 e. The van der Waals surface area contributed by atoms with Crippen molar-refractivity contribution in [1.29, 1.82) is 0 Å². The van der Waals surface area contributed by atoms with Crippen LogP contribution in [0.4, 0.5) is 5.82 Å². The van der Waals surface area contributed by atoms with Crippen molar-refractivity contribution in [2.24, 2.45) is 5.41 Å². The lowest BCUT2D eigenvalue weighted by molar-refractivity contribution is -0.137. The van der Waals surface area contributed by atoms with Crippen LogP contribution in [0.5, 0.6) is 0 Å². The fourth-order valence-electron chi connectivity index (χ4n) is 5.37. The van der Waals surface area contributed by atoms with Gasteiger partial charge in [0.05, 0.1) is 25.3 Å². The smallest absolute Gasteiger partial charge is 0.386 e. The first-order chi connectivity index (χ1) is 26.6. The highest BCUT2D eigenvalue weighted by Gasteiger charge is 2.50. The Morgan fingerprint density at radius 2 is 1.75 bits per heavy atom. The average Bonchev–Trinajstić information content (AvgIpc) is 3.69. The molecule has 7 atom stereocenters. The Morgan fingerprint density at radius 3 is 2.44 bits per heavy atom. The molecule has 3 amide bonds. The number of aliphatic hydroxyl groups is 2. The van der Waals surface area contributed by atoms with E-state index < -0.39 is 84.6 Å². The molecule has 11 N–H and O–H groups in total. The number of imidazole rings is 1. The SMILES string of the molecule is CC(C)(COP(=O)(O)OP(=O)(O)OC[C@H]1O[C@@H](n2cnc3c(N)ncnc32)[C@H](O)[C@@H]1OP(=O)(O)O)[C@@H](O)C(=O)NCCC(=O)NCCSCC(=O)N1CCNCC1. The van der Waals surface area contributed by atoms with Crippen molar-refractivity contribution >= 4 is 69.9 Å². The van der Waals surface area contributed by atoms with Crippen molar-refractivity contribution < 1.29 is 80.5 Å². The second-order valence-electron chi connectivity index (χ2n) is 13.3. The maximum atomic E-state index is 12.7. The third kappa shape index (κ3) is 14.0. The summed E-state index contributed by atoms with van der Waals surface area (Å²) in [6.45, 7) is 3.42. The molecule has 2 aliphatic heterocycles. The number of piperazine rings is 1. The van der Waals surface area contributed by atoms with Gasteiger partial charge in [0.2, 0.25) is 17.7 Å². The maximum absolute atomic E-state index is 12.7. The Balaban J connectivity index is 1.21. The van der Waals surface area contributed by atoms with Crippen molar-refractivity contribution in [3.63, 3.8) is 0 Å².